The van der Waals surface area contributed by atoms with Crippen LogP contribution in [0.25, 0.3) is 0 Å². The molecule has 0 bridgehead atoms. The van der Waals surface area contributed by atoms with Gasteiger partial charge in [-0.25, -0.2) is 0 Å². The molecule has 1 aromatic carbocycles. The van der Waals surface area contributed by atoms with Crippen molar-refractivity contribution in [3.05, 3.63) is 35.9 Å². The molecule has 0 aromatic heterocycles. The minimum absolute atomic E-state index is 0.103. The summed E-state index contributed by atoms with van der Waals surface area (Å²) in [5, 5.41) is 0. The van der Waals surface area contributed by atoms with E-state index >= 15 is 0 Å². The Kier molecular flexibility index (Phi) is 4.37. The molecule has 1 aliphatic carbocycles. The molecule has 2 rings (SSSR count). The fourth-order valence-electron chi connectivity index (χ4n) is 1.91. The maximum Gasteiger partial charge on any atom is 0.249 e. The quantitative estimate of drug-likeness (QED) is 0.773. The number of nitrogens with zero attached hydrogens (tertiary/aromatic N) is 1. The summed E-state index contributed by atoms with van der Waals surface area (Å²) in [7, 11) is 0. The van der Waals surface area contributed by atoms with Gasteiger partial charge in [0.15, 0.2) is 0 Å². The second-order valence-electron chi connectivity index (χ2n) is 5.10. The monoisotopic (exact) mass is 247 g/mol. The van der Waals surface area contributed by atoms with E-state index in [1.807, 2.05) is 36.9 Å². The molecule has 0 spiro atoms. The first-order valence-corrected chi connectivity index (χ1v) is 6.62. The minimum atomic E-state index is 0.103. The highest BCUT2D eigenvalue weighted by Crippen LogP contribution is 2.28. The number of carbonyl (C=O) groups excluding carboxylic acids is 1. The van der Waals surface area contributed by atoms with E-state index < -0.39 is 0 Å². The van der Waals surface area contributed by atoms with Gasteiger partial charge in [-0.1, -0.05) is 30.3 Å². The smallest absolute Gasteiger partial charge is 0.249 e. The van der Waals surface area contributed by atoms with Crippen LogP contribution in [0.3, 0.4) is 0 Å². The zero-order valence-electron chi connectivity index (χ0n) is 11.1. The molecule has 18 heavy (non-hydrogen) atoms. The Labute approximate surface area is 109 Å². The van der Waals surface area contributed by atoms with E-state index in [4.69, 9.17) is 4.74 Å². The Bertz CT molecular complexity index is 385. The summed E-state index contributed by atoms with van der Waals surface area (Å²) in [4.78, 5) is 14.1. The lowest BCUT2D eigenvalue weighted by molar-refractivity contribution is -0.138. The highest BCUT2D eigenvalue weighted by Gasteiger charge is 2.32. The van der Waals surface area contributed by atoms with Crippen LogP contribution in [0.1, 0.15) is 32.3 Å². The fraction of sp³-hybridized carbons (Fsp3) is 0.533. The molecule has 0 atom stereocenters. The van der Waals surface area contributed by atoms with Gasteiger partial charge in [-0.05, 0) is 32.3 Å². The second kappa shape index (κ2) is 6.01. The molecule has 0 unspecified atom stereocenters. The van der Waals surface area contributed by atoms with Crippen molar-refractivity contribution in [2.24, 2.45) is 0 Å². The van der Waals surface area contributed by atoms with Gasteiger partial charge in [-0.2, -0.15) is 0 Å². The van der Waals surface area contributed by atoms with Gasteiger partial charge in [0.25, 0.3) is 0 Å². The fourth-order valence-corrected chi connectivity index (χ4v) is 1.91. The van der Waals surface area contributed by atoms with Crippen molar-refractivity contribution in [1.29, 1.82) is 0 Å². The van der Waals surface area contributed by atoms with Crippen LogP contribution in [-0.4, -0.2) is 29.6 Å². The van der Waals surface area contributed by atoms with Crippen LogP contribution in [0.5, 0.6) is 0 Å². The SMILES string of the molecule is CC(C)OCC(=O)N(Cc1ccccc1)C1CC1. The number of rotatable bonds is 6. The van der Waals surface area contributed by atoms with Gasteiger partial charge in [0.2, 0.25) is 5.91 Å². The van der Waals surface area contributed by atoms with E-state index in [-0.39, 0.29) is 18.6 Å². The van der Waals surface area contributed by atoms with Crippen LogP contribution in [0, 0.1) is 0 Å². The normalized spacial score (nSPS) is 14.8. The van der Waals surface area contributed by atoms with Crippen LogP contribution in [0.15, 0.2) is 30.3 Å². The van der Waals surface area contributed by atoms with Gasteiger partial charge in [0, 0.05) is 12.6 Å². The van der Waals surface area contributed by atoms with E-state index in [0.29, 0.717) is 12.6 Å². The highest BCUT2D eigenvalue weighted by atomic mass is 16.5. The van der Waals surface area contributed by atoms with Gasteiger partial charge in [0.05, 0.1) is 6.10 Å². The average molecular weight is 247 g/mol. The molecule has 0 radical (unpaired) electrons. The van der Waals surface area contributed by atoms with Crippen LogP contribution in [0.2, 0.25) is 0 Å². The number of amides is 1. The maximum absolute atomic E-state index is 12.1. The molecular formula is C15H21NO2. The molecule has 1 aliphatic rings. The first-order chi connectivity index (χ1) is 8.66. The van der Waals surface area contributed by atoms with Crippen molar-refractivity contribution in [3.63, 3.8) is 0 Å². The van der Waals surface area contributed by atoms with E-state index in [9.17, 15) is 4.79 Å². The number of ether oxygens (including phenoxy) is 1. The molecule has 1 aromatic rings. The predicted octanol–water partition coefficient (Wildman–Crippen LogP) is 2.60. The van der Waals surface area contributed by atoms with E-state index in [1.165, 1.54) is 5.56 Å². The molecular weight excluding hydrogens is 226 g/mol. The summed E-state index contributed by atoms with van der Waals surface area (Å²) in [6, 6.07) is 10.6. The highest BCUT2D eigenvalue weighted by molar-refractivity contribution is 5.78. The summed E-state index contributed by atoms with van der Waals surface area (Å²) >= 11 is 0. The van der Waals surface area contributed by atoms with Crippen molar-refractivity contribution in [3.8, 4) is 0 Å². The zero-order valence-corrected chi connectivity index (χ0v) is 11.1. The van der Waals surface area contributed by atoms with Gasteiger partial charge in [-0.3, -0.25) is 4.79 Å². The van der Waals surface area contributed by atoms with Crippen molar-refractivity contribution in [2.75, 3.05) is 6.61 Å². The van der Waals surface area contributed by atoms with Crippen LogP contribution in [0.4, 0.5) is 0 Å². The van der Waals surface area contributed by atoms with Crippen LogP contribution < -0.4 is 0 Å². The first-order valence-electron chi connectivity index (χ1n) is 6.62. The standard InChI is InChI=1S/C15H21NO2/c1-12(2)18-11-15(17)16(14-8-9-14)10-13-6-4-3-5-7-13/h3-7,12,14H,8-11H2,1-2H3. The van der Waals surface area contributed by atoms with Crippen molar-refractivity contribution >= 4 is 5.91 Å². The van der Waals surface area contributed by atoms with Crippen molar-refractivity contribution < 1.29 is 9.53 Å². The third kappa shape index (κ3) is 3.84. The molecule has 0 aliphatic heterocycles. The first kappa shape index (κ1) is 13.1. The summed E-state index contributed by atoms with van der Waals surface area (Å²) in [6.45, 7) is 4.80. The number of carbonyl (C=O) groups is 1. The number of hydrogen-bond donors (Lipinski definition) is 0. The minimum Gasteiger partial charge on any atom is -0.369 e. The predicted molar refractivity (Wildman–Crippen MR) is 71.1 cm³/mol. The Morgan fingerprint density at radius 1 is 1.33 bits per heavy atom. The molecule has 98 valence electrons. The largest absolute Gasteiger partial charge is 0.369 e. The molecule has 1 amide bonds. The lowest BCUT2D eigenvalue weighted by Gasteiger charge is -2.23. The topological polar surface area (TPSA) is 29.5 Å². The second-order valence-corrected chi connectivity index (χ2v) is 5.10. The molecule has 0 heterocycles. The molecule has 1 fully saturated rings. The molecule has 3 heteroatoms. The Hall–Kier alpha value is -1.35. The molecule has 0 saturated heterocycles. The lowest BCUT2D eigenvalue weighted by Crippen LogP contribution is -2.36. The number of benzene rings is 1. The molecule has 1 saturated carbocycles. The third-order valence-corrected chi connectivity index (χ3v) is 3.04. The van der Waals surface area contributed by atoms with Gasteiger partial charge in [0.1, 0.15) is 6.61 Å². The Morgan fingerprint density at radius 2 is 2.00 bits per heavy atom. The van der Waals surface area contributed by atoms with Gasteiger partial charge in [-0.15, -0.1) is 0 Å². The van der Waals surface area contributed by atoms with Crippen molar-refractivity contribution in [1.82, 2.24) is 4.90 Å². The molecule has 3 nitrogen and oxygen atoms in total. The summed E-state index contributed by atoms with van der Waals surface area (Å²) in [5.74, 6) is 0.107. The van der Waals surface area contributed by atoms with Crippen LogP contribution in [-0.2, 0) is 16.1 Å². The maximum atomic E-state index is 12.1. The van der Waals surface area contributed by atoms with E-state index in [1.54, 1.807) is 0 Å². The van der Waals surface area contributed by atoms with Gasteiger partial charge < -0.3 is 9.64 Å². The number of hydrogen-bond acceptors (Lipinski definition) is 2. The third-order valence-electron chi connectivity index (χ3n) is 3.04. The molecule has 0 N–H and O–H groups in total. The summed E-state index contributed by atoms with van der Waals surface area (Å²) in [5.41, 5.74) is 1.18. The average Bonchev–Trinajstić information content (AvgIpc) is 3.18. The van der Waals surface area contributed by atoms with E-state index in [2.05, 4.69) is 12.1 Å². The van der Waals surface area contributed by atoms with Gasteiger partial charge >= 0.3 is 0 Å². The Balaban J connectivity index is 1.94. The lowest BCUT2D eigenvalue weighted by atomic mass is 10.2. The van der Waals surface area contributed by atoms with E-state index in [0.717, 1.165) is 12.8 Å². The van der Waals surface area contributed by atoms with Crippen LogP contribution >= 0.6 is 0 Å². The van der Waals surface area contributed by atoms with Crippen molar-refractivity contribution in [2.45, 2.75) is 45.4 Å². The zero-order chi connectivity index (χ0) is 13.0. The Morgan fingerprint density at radius 3 is 2.56 bits per heavy atom. The summed E-state index contributed by atoms with van der Waals surface area (Å²) in [6.07, 6.45) is 2.35. The summed E-state index contributed by atoms with van der Waals surface area (Å²) < 4.78 is 5.41.